The lowest BCUT2D eigenvalue weighted by Gasteiger charge is -2.13. The second kappa shape index (κ2) is 9.88. The zero-order valence-corrected chi connectivity index (χ0v) is 16.9. The van der Waals surface area contributed by atoms with Crippen LogP contribution in [0.2, 0.25) is 0 Å². The first-order valence-corrected chi connectivity index (χ1v) is 9.23. The summed E-state index contributed by atoms with van der Waals surface area (Å²) in [6, 6.07) is 6.64. The monoisotopic (exact) mass is 402 g/mol. The standard InChI is InChI=1S/C21H26N2O6/c1-13-18(20(22)26)19(14-5-7-15(8-6-14)21(27)29-3)16(9-10-17(25)28-2)23(13)11-4-12-24/h5-8,24H,4,9-12H2,1-3H3,(H2,22,26). The Hall–Kier alpha value is -3.13. The number of nitrogens with zero attached hydrogens (tertiary/aromatic N) is 1. The summed E-state index contributed by atoms with van der Waals surface area (Å²) >= 11 is 0. The second-order valence-electron chi connectivity index (χ2n) is 6.52. The Labute approximate surface area is 169 Å². The Morgan fingerprint density at radius 2 is 1.76 bits per heavy atom. The Kier molecular flexibility index (Phi) is 7.55. The van der Waals surface area contributed by atoms with E-state index in [4.69, 9.17) is 15.2 Å². The van der Waals surface area contributed by atoms with Gasteiger partial charge in [-0.25, -0.2) is 4.79 Å². The molecular weight excluding hydrogens is 376 g/mol. The number of carbonyl (C=O) groups is 3. The first kappa shape index (κ1) is 22.2. The molecule has 0 unspecified atom stereocenters. The predicted octanol–water partition coefficient (Wildman–Crippen LogP) is 1.84. The predicted molar refractivity (Wildman–Crippen MR) is 107 cm³/mol. The van der Waals surface area contributed by atoms with Gasteiger partial charge < -0.3 is 24.9 Å². The molecule has 156 valence electrons. The fraction of sp³-hybridized carbons (Fsp3) is 0.381. The van der Waals surface area contributed by atoms with Gasteiger partial charge in [0.05, 0.1) is 31.8 Å². The van der Waals surface area contributed by atoms with Crippen LogP contribution in [0.25, 0.3) is 11.1 Å². The van der Waals surface area contributed by atoms with E-state index in [1.807, 2.05) is 4.57 Å². The lowest BCUT2D eigenvalue weighted by Crippen LogP contribution is -2.13. The molecule has 0 radical (unpaired) electrons. The molecule has 0 bridgehead atoms. The fourth-order valence-corrected chi connectivity index (χ4v) is 3.41. The van der Waals surface area contributed by atoms with Crippen molar-refractivity contribution >= 4 is 17.8 Å². The minimum atomic E-state index is -0.586. The van der Waals surface area contributed by atoms with Crippen LogP contribution in [-0.2, 0) is 27.2 Å². The first-order chi connectivity index (χ1) is 13.8. The summed E-state index contributed by atoms with van der Waals surface area (Å²) in [4.78, 5) is 35.7. The molecule has 0 spiro atoms. The molecule has 1 aromatic heterocycles. The summed E-state index contributed by atoms with van der Waals surface area (Å²) in [6.45, 7) is 2.24. The number of nitrogens with two attached hydrogens (primary N) is 1. The van der Waals surface area contributed by atoms with Crippen molar-refractivity contribution in [3.05, 3.63) is 46.8 Å². The molecule has 0 aliphatic heterocycles. The minimum Gasteiger partial charge on any atom is -0.469 e. The number of primary amides is 1. The summed E-state index contributed by atoms with van der Waals surface area (Å²) in [5.41, 5.74) is 9.14. The van der Waals surface area contributed by atoms with Crippen LogP contribution in [0.5, 0.6) is 0 Å². The topological polar surface area (TPSA) is 121 Å². The van der Waals surface area contributed by atoms with Crippen LogP contribution in [0.1, 0.15) is 44.9 Å². The third kappa shape index (κ3) is 4.83. The number of esters is 2. The number of rotatable bonds is 9. The van der Waals surface area contributed by atoms with Crippen LogP contribution in [0.4, 0.5) is 0 Å². The highest BCUT2D eigenvalue weighted by molar-refractivity contribution is 6.02. The summed E-state index contributed by atoms with van der Waals surface area (Å²) in [5.74, 6) is -1.42. The number of methoxy groups -OCH3 is 2. The maximum atomic E-state index is 12.3. The van der Waals surface area contributed by atoms with E-state index in [0.717, 1.165) is 5.69 Å². The first-order valence-electron chi connectivity index (χ1n) is 9.23. The number of aliphatic hydroxyl groups excluding tert-OH is 1. The van der Waals surface area contributed by atoms with Gasteiger partial charge in [-0.3, -0.25) is 9.59 Å². The van der Waals surface area contributed by atoms with Crippen molar-refractivity contribution in [1.82, 2.24) is 4.57 Å². The van der Waals surface area contributed by atoms with E-state index in [-0.39, 0.29) is 19.0 Å². The molecule has 0 saturated carbocycles. The van der Waals surface area contributed by atoms with Crippen molar-refractivity contribution in [3.63, 3.8) is 0 Å². The van der Waals surface area contributed by atoms with Crippen molar-refractivity contribution < 1.29 is 29.0 Å². The Balaban J connectivity index is 2.64. The Bertz CT molecular complexity index is 899. The van der Waals surface area contributed by atoms with Gasteiger partial charge in [0.25, 0.3) is 5.91 Å². The van der Waals surface area contributed by atoms with Crippen molar-refractivity contribution in [2.75, 3.05) is 20.8 Å². The van der Waals surface area contributed by atoms with E-state index in [2.05, 4.69) is 0 Å². The number of hydrogen-bond donors (Lipinski definition) is 2. The van der Waals surface area contributed by atoms with Gasteiger partial charge in [-0.2, -0.15) is 0 Å². The molecule has 0 aliphatic rings. The third-order valence-electron chi connectivity index (χ3n) is 4.81. The van der Waals surface area contributed by atoms with Crippen LogP contribution in [0.15, 0.2) is 24.3 Å². The van der Waals surface area contributed by atoms with Gasteiger partial charge in [0.1, 0.15) is 0 Å². The summed E-state index contributed by atoms with van der Waals surface area (Å²) < 4.78 is 11.4. The third-order valence-corrected chi connectivity index (χ3v) is 4.81. The van der Waals surface area contributed by atoms with Crippen LogP contribution in [0.3, 0.4) is 0 Å². The number of aliphatic hydroxyl groups is 1. The lowest BCUT2D eigenvalue weighted by molar-refractivity contribution is -0.140. The number of ether oxygens (including phenoxy) is 2. The van der Waals surface area contributed by atoms with Crippen molar-refractivity contribution in [2.45, 2.75) is 32.7 Å². The van der Waals surface area contributed by atoms with Crippen LogP contribution < -0.4 is 5.73 Å². The van der Waals surface area contributed by atoms with E-state index in [0.29, 0.717) is 47.3 Å². The average molecular weight is 402 g/mol. The van der Waals surface area contributed by atoms with E-state index in [1.165, 1.54) is 14.2 Å². The second-order valence-corrected chi connectivity index (χ2v) is 6.52. The average Bonchev–Trinajstić information content (AvgIpc) is 3.01. The Morgan fingerprint density at radius 3 is 2.28 bits per heavy atom. The van der Waals surface area contributed by atoms with Gasteiger partial charge in [0.2, 0.25) is 0 Å². The molecule has 0 atom stereocenters. The maximum Gasteiger partial charge on any atom is 0.337 e. The van der Waals surface area contributed by atoms with Gasteiger partial charge in [0, 0.05) is 30.1 Å². The van der Waals surface area contributed by atoms with Gasteiger partial charge in [-0.15, -0.1) is 0 Å². The normalized spacial score (nSPS) is 10.6. The highest BCUT2D eigenvalue weighted by Gasteiger charge is 2.25. The quantitative estimate of drug-likeness (QED) is 0.618. The zero-order valence-electron chi connectivity index (χ0n) is 16.9. The molecule has 0 fully saturated rings. The molecule has 2 aromatic rings. The lowest BCUT2D eigenvalue weighted by atomic mass is 9.97. The van der Waals surface area contributed by atoms with Crippen LogP contribution >= 0.6 is 0 Å². The van der Waals surface area contributed by atoms with Gasteiger partial charge >= 0.3 is 11.9 Å². The molecule has 2 rings (SSSR count). The largest absolute Gasteiger partial charge is 0.469 e. The SMILES string of the molecule is COC(=O)CCc1c(-c2ccc(C(=O)OC)cc2)c(C(N)=O)c(C)n1CCCO. The van der Waals surface area contributed by atoms with E-state index in [1.54, 1.807) is 31.2 Å². The Morgan fingerprint density at radius 1 is 1.10 bits per heavy atom. The van der Waals surface area contributed by atoms with Gasteiger partial charge in [0.15, 0.2) is 0 Å². The summed E-state index contributed by atoms with van der Waals surface area (Å²) in [7, 11) is 2.62. The fourth-order valence-electron chi connectivity index (χ4n) is 3.41. The highest BCUT2D eigenvalue weighted by Crippen LogP contribution is 2.34. The van der Waals surface area contributed by atoms with Crippen LogP contribution in [-0.4, -0.2) is 48.3 Å². The number of carbonyl (C=O) groups excluding carboxylic acids is 3. The van der Waals surface area contributed by atoms with E-state index in [9.17, 15) is 19.5 Å². The van der Waals surface area contributed by atoms with Crippen molar-refractivity contribution in [1.29, 1.82) is 0 Å². The zero-order chi connectivity index (χ0) is 21.6. The van der Waals surface area contributed by atoms with Crippen molar-refractivity contribution in [2.24, 2.45) is 5.73 Å². The molecular formula is C21H26N2O6. The maximum absolute atomic E-state index is 12.3. The van der Waals surface area contributed by atoms with Crippen LogP contribution in [0, 0.1) is 6.92 Å². The molecule has 8 nitrogen and oxygen atoms in total. The summed E-state index contributed by atoms with van der Waals surface area (Å²) in [5, 5.41) is 9.25. The molecule has 29 heavy (non-hydrogen) atoms. The minimum absolute atomic E-state index is 0.0108. The van der Waals surface area contributed by atoms with Gasteiger partial charge in [-0.1, -0.05) is 12.1 Å². The van der Waals surface area contributed by atoms with E-state index < -0.39 is 11.9 Å². The molecule has 8 heteroatoms. The molecule has 1 heterocycles. The highest BCUT2D eigenvalue weighted by atomic mass is 16.5. The molecule has 0 aliphatic carbocycles. The number of amides is 1. The molecule has 3 N–H and O–H groups in total. The number of hydrogen-bond acceptors (Lipinski definition) is 6. The molecule has 0 saturated heterocycles. The number of benzene rings is 1. The smallest absolute Gasteiger partial charge is 0.337 e. The van der Waals surface area contributed by atoms with Crippen molar-refractivity contribution in [3.8, 4) is 11.1 Å². The summed E-state index contributed by atoms with van der Waals surface area (Å²) in [6.07, 6.45) is 0.949. The van der Waals surface area contributed by atoms with E-state index >= 15 is 0 Å². The van der Waals surface area contributed by atoms with Gasteiger partial charge in [-0.05, 0) is 37.5 Å². The molecule has 1 aromatic carbocycles. The molecule has 1 amide bonds. The number of aromatic nitrogens is 1.